The number of aromatic nitrogens is 1. The summed E-state index contributed by atoms with van der Waals surface area (Å²) in [5, 5.41) is 2.73. The molecule has 1 aromatic heterocycles. The van der Waals surface area contributed by atoms with Crippen LogP contribution in [0.1, 0.15) is 69.7 Å². The molecule has 130 valence electrons. The van der Waals surface area contributed by atoms with Crippen molar-refractivity contribution in [3.63, 3.8) is 0 Å². The van der Waals surface area contributed by atoms with Gasteiger partial charge in [-0.05, 0) is 0 Å². The van der Waals surface area contributed by atoms with Gasteiger partial charge < -0.3 is 0 Å². The van der Waals surface area contributed by atoms with Gasteiger partial charge in [-0.1, -0.05) is 0 Å². The van der Waals surface area contributed by atoms with Crippen LogP contribution in [0.3, 0.4) is 0 Å². The first-order chi connectivity index (χ1) is 11.1. The van der Waals surface area contributed by atoms with Crippen LogP contribution in [0.15, 0.2) is 18.5 Å². The maximum absolute atomic E-state index is 12.0. The van der Waals surface area contributed by atoms with Crippen molar-refractivity contribution in [3.8, 4) is 0 Å². The fraction of sp³-hybridized carbons (Fsp3) is 0.684. The molecule has 4 heteroatoms. The average molecular weight is 425 g/mol. The van der Waals surface area contributed by atoms with Crippen molar-refractivity contribution in [2.45, 2.75) is 72.6 Å². The fourth-order valence-electron chi connectivity index (χ4n) is 3.35. The molecule has 1 heterocycles. The quantitative estimate of drug-likeness (QED) is 0.531. The van der Waals surface area contributed by atoms with E-state index in [9.17, 15) is 4.79 Å². The topological polar surface area (TPSA) is 42.0 Å². The third kappa shape index (κ3) is 6.09. The van der Waals surface area contributed by atoms with E-state index in [1.54, 1.807) is 13.2 Å². The first kappa shape index (κ1) is 20.5. The molecular formula is C19H34N2OSn. The number of carbonyl (C=O) groups excluding carboxylic acids is 1. The monoisotopic (exact) mass is 426 g/mol. The molecule has 0 aliphatic heterocycles. The fourth-order valence-corrected chi connectivity index (χ4v) is 19.1. The van der Waals surface area contributed by atoms with Gasteiger partial charge in [-0.15, -0.1) is 0 Å². The van der Waals surface area contributed by atoms with Crippen molar-refractivity contribution in [2.24, 2.45) is 0 Å². The Bertz CT molecular complexity index is 454. The molecule has 23 heavy (non-hydrogen) atoms. The second kappa shape index (κ2) is 11.1. The zero-order valence-corrected chi connectivity index (χ0v) is 18.3. The normalized spacial score (nSPS) is 11.5. The Morgan fingerprint density at radius 3 is 1.96 bits per heavy atom. The number of hydrogen-bond donors (Lipinski definition) is 1. The Hall–Kier alpha value is -0.581. The van der Waals surface area contributed by atoms with Crippen LogP contribution in [0.4, 0.5) is 0 Å². The van der Waals surface area contributed by atoms with E-state index in [1.807, 2.05) is 0 Å². The van der Waals surface area contributed by atoms with E-state index in [0.717, 1.165) is 5.56 Å². The van der Waals surface area contributed by atoms with Crippen molar-refractivity contribution >= 4 is 27.9 Å². The molecule has 0 fully saturated rings. The molecule has 0 spiro atoms. The van der Waals surface area contributed by atoms with Crippen molar-refractivity contribution in [3.05, 3.63) is 24.0 Å². The van der Waals surface area contributed by atoms with E-state index >= 15 is 0 Å². The summed E-state index contributed by atoms with van der Waals surface area (Å²) in [7, 11) is 1.69. The van der Waals surface area contributed by atoms with Crippen LogP contribution in [0.25, 0.3) is 0 Å². The zero-order chi connectivity index (χ0) is 17.1. The van der Waals surface area contributed by atoms with Crippen LogP contribution < -0.4 is 8.90 Å². The summed E-state index contributed by atoms with van der Waals surface area (Å²) < 4.78 is 5.69. The van der Waals surface area contributed by atoms with Crippen molar-refractivity contribution < 1.29 is 4.79 Å². The van der Waals surface area contributed by atoms with Gasteiger partial charge in [0, 0.05) is 0 Å². The van der Waals surface area contributed by atoms with E-state index < -0.39 is 18.4 Å². The Labute approximate surface area is 146 Å². The van der Waals surface area contributed by atoms with Crippen LogP contribution in [0.5, 0.6) is 0 Å². The molecule has 0 unspecified atom stereocenters. The van der Waals surface area contributed by atoms with Crippen molar-refractivity contribution in [1.82, 2.24) is 10.3 Å². The second-order valence-electron chi connectivity index (χ2n) is 6.63. The van der Waals surface area contributed by atoms with Crippen LogP contribution in [-0.4, -0.2) is 36.3 Å². The van der Waals surface area contributed by atoms with Crippen LogP contribution in [-0.2, 0) is 0 Å². The molecule has 3 nitrogen and oxygen atoms in total. The van der Waals surface area contributed by atoms with Gasteiger partial charge in [0.2, 0.25) is 0 Å². The molecule has 0 aromatic carbocycles. The van der Waals surface area contributed by atoms with Crippen LogP contribution >= 0.6 is 0 Å². The van der Waals surface area contributed by atoms with Crippen LogP contribution in [0.2, 0.25) is 13.3 Å². The summed E-state index contributed by atoms with van der Waals surface area (Å²) in [4.78, 5) is 16.4. The van der Waals surface area contributed by atoms with Gasteiger partial charge in [0.25, 0.3) is 0 Å². The molecule has 0 saturated heterocycles. The minimum atomic E-state index is -2.46. The number of amides is 1. The summed E-state index contributed by atoms with van der Waals surface area (Å²) in [6.45, 7) is 6.86. The third-order valence-corrected chi connectivity index (χ3v) is 20.4. The molecule has 0 aliphatic rings. The molecule has 0 atom stereocenters. The number of pyridine rings is 1. The number of rotatable bonds is 11. The molecule has 0 bridgehead atoms. The number of hydrogen-bond acceptors (Lipinski definition) is 2. The Kier molecular flexibility index (Phi) is 9.84. The van der Waals surface area contributed by atoms with Gasteiger partial charge in [0.15, 0.2) is 0 Å². The predicted octanol–water partition coefficient (Wildman–Crippen LogP) is 4.50. The summed E-state index contributed by atoms with van der Waals surface area (Å²) in [6.07, 6.45) is 11.6. The number of carbonyl (C=O) groups is 1. The first-order valence-corrected chi connectivity index (χ1v) is 16.8. The summed E-state index contributed by atoms with van der Waals surface area (Å²) in [5.74, 6) is -0.0130. The molecule has 0 aliphatic carbocycles. The molecule has 1 amide bonds. The van der Waals surface area contributed by atoms with Crippen molar-refractivity contribution in [2.75, 3.05) is 7.05 Å². The summed E-state index contributed by atoms with van der Waals surface area (Å²) in [5.41, 5.74) is 0.732. The van der Waals surface area contributed by atoms with Crippen LogP contribution in [0, 0.1) is 0 Å². The standard InChI is InChI=1S/C7H7N2O.3C4H9.Sn/c1-8-7(10)6-3-2-4-9-5-6;3*1-3-4-2;/h3-5H,1H3,(H,8,10);3*1,3-4H2,2H3;. The second-order valence-corrected chi connectivity index (χ2v) is 19.9. The van der Waals surface area contributed by atoms with E-state index in [1.165, 1.54) is 55.4 Å². The summed E-state index contributed by atoms with van der Waals surface area (Å²) >= 11 is -2.46. The molecular weight excluding hydrogens is 391 g/mol. The maximum atomic E-state index is 12.0. The van der Waals surface area contributed by atoms with E-state index in [2.05, 4.69) is 43.3 Å². The Morgan fingerprint density at radius 1 is 1.00 bits per heavy atom. The molecule has 0 radical (unpaired) electrons. The van der Waals surface area contributed by atoms with Gasteiger partial charge in [-0.2, -0.15) is 0 Å². The third-order valence-electron chi connectivity index (χ3n) is 4.87. The predicted molar refractivity (Wildman–Crippen MR) is 102 cm³/mol. The van der Waals surface area contributed by atoms with Crippen molar-refractivity contribution in [1.29, 1.82) is 0 Å². The van der Waals surface area contributed by atoms with Gasteiger partial charge in [0.1, 0.15) is 0 Å². The molecule has 1 rings (SSSR count). The zero-order valence-electron chi connectivity index (χ0n) is 15.5. The van der Waals surface area contributed by atoms with Gasteiger partial charge in [0.05, 0.1) is 0 Å². The molecule has 0 saturated carbocycles. The Morgan fingerprint density at radius 2 is 1.52 bits per heavy atom. The molecule has 1 N–H and O–H groups in total. The van der Waals surface area contributed by atoms with E-state index in [4.69, 9.17) is 0 Å². The average Bonchev–Trinajstić information content (AvgIpc) is 2.61. The number of nitrogens with zero attached hydrogens (tertiary/aromatic N) is 1. The number of nitrogens with one attached hydrogen (secondary N) is 1. The van der Waals surface area contributed by atoms with Gasteiger partial charge >= 0.3 is 147 Å². The van der Waals surface area contributed by atoms with E-state index in [-0.39, 0.29) is 5.91 Å². The van der Waals surface area contributed by atoms with Gasteiger partial charge in [-0.3, -0.25) is 0 Å². The summed E-state index contributed by atoms with van der Waals surface area (Å²) in [6, 6.07) is 2.17. The number of unbranched alkanes of at least 4 members (excludes halogenated alkanes) is 3. The first-order valence-electron chi connectivity index (χ1n) is 9.31. The minimum absolute atomic E-state index is 0.0130. The SMILES string of the molecule is CCC[CH2][Sn]([CH2]CCC)([CH2]CCC)[c]1cncc(C(=O)NC)c1. The van der Waals surface area contributed by atoms with Gasteiger partial charge in [-0.25, -0.2) is 0 Å². The molecule has 1 aromatic rings. The van der Waals surface area contributed by atoms with E-state index in [0.29, 0.717) is 0 Å². The Balaban J connectivity index is 3.20.